The molecule has 0 saturated carbocycles. The highest BCUT2D eigenvalue weighted by Gasteiger charge is 2.08. The van der Waals surface area contributed by atoms with Crippen molar-refractivity contribution < 1.29 is 14.3 Å². The zero-order valence-corrected chi connectivity index (χ0v) is 8.75. The van der Waals surface area contributed by atoms with Crippen molar-refractivity contribution >= 4 is 5.97 Å². The lowest BCUT2D eigenvalue weighted by molar-refractivity contribution is 0.0696. The third-order valence-electron chi connectivity index (χ3n) is 1.99. The maximum absolute atomic E-state index is 13.3. The van der Waals surface area contributed by atoms with E-state index in [9.17, 15) is 9.18 Å². The average Bonchev–Trinajstić information content (AvgIpc) is 2.16. The molecule has 0 radical (unpaired) electrons. The number of nitrogens with one attached hydrogen (secondary N) is 1. The minimum atomic E-state index is -1.04. The molecule has 0 bridgehead atoms. The number of halogens is 1. The van der Waals surface area contributed by atoms with Gasteiger partial charge in [0.05, 0.1) is 5.56 Å². The van der Waals surface area contributed by atoms with E-state index in [0.717, 1.165) is 0 Å². The molecule has 82 valence electrons. The van der Waals surface area contributed by atoms with Crippen LogP contribution in [0.3, 0.4) is 0 Å². The van der Waals surface area contributed by atoms with E-state index in [-0.39, 0.29) is 17.4 Å². The van der Waals surface area contributed by atoms with Gasteiger partial charge in [0.25, 0.3) is 0 Å². The van der Waals surface area contributed by atoms with Crippen LogP contribution < -0.4 is 5.32 Å². The summed E-state index contributed by atoms with van der Waals surface area (Å²) < 4.78 is 13.3. The first-order chi connectivity index (χ1) is 7.00. The van der Waals surface area contributed by atoms with Gasteiger partial charge in [0.15, 0.2) is 0 Å². The molecule has 0 aromatic heterocycles. The summed E-state index contributed by atoms with van der Waals surface area (Å²) in [4.78, 5) is 10.7. The molecule has 0 aliphatic rings. The number of hydrogen-bond acceptors (Lipinski definition) is 2. The van der Waals surface area contributed by atoms with E-state index in [0.29, 0.717) is 12.1 Å². The van der Waals surface area contributed by atoms with E-state index in [1.54, 1.807) is 0 Å². The summed E-state index contributed by atoms with van der Waals surface area (Å²) in [5.74, 6) is -1.42. The fourth-order valence-corrected chi connectivity index (χ4v) is 1.16. The van der Waals surface area contributed by atoms with Crippen LogP contribution in [0.1, 0.15) is 29.8 Å². The van der Waals surface area contributed by atoms with E-state index in [1.807, 2.05) is 13.8 Å². The normalized spacial score (nSPS) is 10.7. The summed E-state index contributed by atoms with van der Waals surface area (Å²) in [6, 6.07) is 4.03. The molecule has 0 fully saturated rings. The summed E-state index contributed by atoms with van der Waals surface area (Å²) in [5.41, 5.74) is 0.487. The number of carbonyl (C=O) groups is 1. The summed E-state index contributed by atoms with van der Waals surface area (Å²) in [6.07, 6.45) is 0. The molecule has 2 N–H and O–H groups in total. The third kappa shape index (κ3) is 3.32. The Hall–Kier alpha value is -1.42. The van der Waals surface area contributed by atoms with Crippen molar-refractivity contribution in [2.45, 2.75) is 26.4 Å². The Balaban J connectivity index is 2.85. The van der Waals surface area contributed by atoms with Crippen LogP contribution in [0.4, 0.5) is 4.39 Å². The Bertz CT molecular complexity index is 364. The van der Waals surface area contributed by atoms with E-state index in [2.05, 4.69) is 5.32 Å². The first-order valence-corrected chi connectivity index (χ1v) is 4.76. The molecule has 0 aliphatic heterocycles. The SMILES string of the molecule is CC(C)NCc1cc(C(=O)O)ccc1F. The van der Waals surface area contributed by atoms with Gasteiger partial charge in [-0.15, -0.1) is 0 Å². The van der Waals surface area contributed by atoms with Crippen molar-refractivity contribution in [2.75, 3.05) is 0 Å². The molecule has 15 heavy (non-hydrogen) atoms. The monoisotopic (exact) mass is 211 g/mol. The van der Waals surface area contributed by atoms with E-state index >= 15 is 0 Å². The number of hydrogen-bond donors (Lipinski definition) is 2. The molecule has 0 amide bonds. The highest BCUT2D eigenvalue weighted by molar-refractivity contribution is 5.87. The van der Waals surface area contributed by atoms with Crippen molar-refractivity contribution in [1.29, 1.82) is 0 Å². The predicted octanol–water partition coefficient (Wildman–Crippen LogP) is 2.02. The van der Waals surface area contributed by atoms with Crippen molar-refractivity contribution in [2.24, 2.45) is 0 Å². The number of benzene rings is 1. The minimum Gasteiger partial charge on any atom is -0.478 e. The van der Waals surface area contributed by atoms with Crippen molar-refractivity contribution in [3.63, 3.8) is 0 Å². The predicted molar refractivity (Wildman–Crippen MR) is 55.3 cm³/mol. The molecule has 0 atom stereocenters. The average molecular weight is 211 g/mol. The number of carboxylic acids is 1. The van der Waals surface area contributed by atoms with Crippen LogP contribution in [0.15, 0.2) is 18.2 Å². The molecule has 0 aliphatic carbocycles. The molecule has 1 rings (SSSR count). The number of carboxylic acid groups (broad SMARTS) is 1. The van der Waals surface area contributed by atoms with E-state index < -0.39 is 5.97 Å². The molecule has 0 saturated heterocycles. The molecule has 0 heterocycles. The lowest BCUT2D eigenvalue weighted by Gasteiger charge is -2.09. The Labute approximate surface area is 87.9 Å². The summed E-state index contributed by atoms with van der Waals surface area (Å²) >= 11 is 0. The first-order valence-electron chi connectivity index (χ1n) is 4.76. The van der Waals surface area contributed by atoms with Crippen LogP contribution >= 0.6 is 0 Å². The number of rotatable bonds is 4. The Morgan fingerprint density at radius 2 is 2.20 bits per heavy atom. The lowest BCUT2D eigenvalue weighted by Crippen LogP contribution is -2.22. The first kappa shape index (κ1) is 11.7. The van der Waals surface area contributed by atoms with Gasteiger partial charge in [0, 0.05) is 18.2 Å². The van der Waals surface area contributed by atoms with Gasteiger partial charge in [-0.2, -0.15) is 0 Å². The van der Waals surface area contributed by atoms with Crippen LogP contribution in [0.2, 0.25) is 0 Å². The fraction of sp³-hybridized carbons (Fsp3) is 0.364. The van der Waals surface area contributed by atoms with Crippen LogP contribution in [0.25, 0.3) is 0 Å². The smallest absolute Gasteiger partial charge is 0.335 e. The largest absolute Gasteiger partial charge is 0.478 e. The third-order valence-corrected chi connectivity index (χ3v) is 1.99. The standard InChI is InChI=1S/C11H14FNO2/c1-7(2)13-6-9-5-8(11(14)15)3-4-10(9)12/h3-5,7,13H,6H2,1-2H3,(H,14,15). The van der Waals surface area contributed by atoms with E-state index in [4.69, 9.17) is 5.11 Å². The molecule has 1 aromatic carbocycles. The highest BCUT2D eigenvalue weighted by atomic mass is 19.1. The molecule has 1 aromatic rings. The van der Waals surface area contributed by atoms with Gasteiger partial charge in [-0.25, -0.2) is 9.18 Å². The van der Waals surface area contributed by atoms with Gasteiger partial charge >= 0.3 is 5.97 Å². The molecular weight excluding hydrogens is 197 g/mol. The Morgan fingerprint density at radius 3 is 2.73 bits per heavy atom. The maximum atomic E-state index is 13.3. The van der Waals surface area contributed by atoms with E-state index in [1.165, 1.54) is 18.2 Å². The van der Waals surface area contributed by atoms with Crippen molar-refractivity contribution in [3.8, 4) is 0 Å². The second-order valence-corrected chi connectivity index (χ2v) is 3.65. The molecule has 0 unspecified atom stereocenters. The van der Waals surface area contributed by atoms with Crippen LogP contribution in [0.5, 0.6) is 0 Å². The number of aromatic carboxylic acids is 1. The Kier molecular flexibility index (Phi) is 3.80. The maximum Gasteiger partial charge on any atom is 0.335 e. The summed E-state index contributed by atoms with van der Waals surface area (Å²) in [6.45, 7) is 4.22. The molecule has 3 nitrogen and oxygen atoms in total. The topological polar surface area (TPSA) is 49.3 Å². The minimum absolute atomic E-state index is 0.108. The van der Waals surface area contributed by atoms with Gasteiger partial charge in [-0.3, -0.25) is 0 Å². The van der Waals surface area contributed by atoms with Crippen LogP contribution in [-0.2, 0) is 6.54 Å². The van der Waals surface area contributed by atoms with Crippen LogP contribution in [-0.4, -0.2) is 17.1 Å². The van der Waals surface area contributed by atoms with Gasteiger partial charge in [-0.1, -0.05) is 13.8 Å². The van der Waals surface area contributed by atoms with Crippen LogP contribution in [0, 0.1) is 5.82 Å². The molecular formula is C11H14FNO2. The zero-order chi connectivity index (χ0) is 11.4. The second kappa shape index (κ2) is 4.89. The summed E-state index contributed by atoms with van der Waals surface area (Å²) in [5, 5.41) is 11.8. The Morgan fingerprint density at radius 1 is 1.53 bits per heavy atom. The lowest BCUT2D eigenvalue weighted by atomic mass is 10.1. The molecule has 4 heteroatoms. The fourth-order valence-electron chi connectivity index (χ4n) is 1.16. The van der Waals surface area contributed by atoms with Gasteiger partial charge in [-0.05, 0) is 18.2 Å². The van der Waals surface area contributed by atoms with Gasteiger partial charge in [0.1, 0.15) is 5.82 Å². The van der Waals surface area contributed by atoms with Crippen molar-refractivity contribution in [3.05, 3.63) is 35.1 Å². The van der Waals surface area contributed by atoms with Gasteiger partial charge < -0.3 is 10.4 Å². The van der Waals surface area contributed by atoms with Gasteiger partial charge in [0.2, 0.25) is 0 Å². The summed E-state index contributed by atoms with van der Waals surface area (Å²) in [7, 11) is 0. The quantitative estimate of drug-likeness (QED) is 0.801. The molecule has 0 spiro atoms. The zero-order valence-electron chi connectivity index (χ0n) is 8.75. The second-order valence-electron chi connectivity index (χ2n) is 3.65. The van der Waals surface area contributed by atoms with Crippen molar-refractivity contribution in [1.82, 2.24) is 5.32 Å². The highest BCUT2D eigenvalue weighted by Crippen LogP contribution is 2.10.